The Balaban J connectivity index is 1.98. The van der Waals surface area contributed by atoms with Crippen molar-refractivity contribution in [2.75, 3.05) is 11.9 Å². The summed E-state index contributed by atoms with van der Waals surface area (Å²) in [4.78, 5) is 19.4. The highest BCUT2D eigenvalue weighted by Gasteiger charge is 2.26. The number of nitrogens with zero attached hydrogens (tertiary/aromatic N) is 5. The molecule has 3 heterocycles. The van der Waals surface area contributed by atoms with E-state index < -0.39 is 25.1 Å². The molecule has 3 rings (SSSR count). The maximum Gasteiger partial charge on any atom is 0.390 e. The molecule has 0 radical (unpaired) electrons. The summed E-state index contributed by atoms with van der Waals surface area (Å²) in [7, 11) is 0. The highest BCUT2D eigenvalue weighted by atomic mass is 19.4. The maximum absolute atomic E-state index is 12.3. The molecule has 2 N–H and O–H groups in total. The molecule has 0 aliphatic carbocycles. The van der Waals surface area contributed by atoms with Gasteiger partial charge in [0.25, 0.3) is 0 Å². The first-order valence-corrected chi connectivity index (χ1v) is 7.57. The Hall–Kier alpha value is -3.68. The molecule has 3 aromatic rings. The Morgan fingerprint density at radius 2 is 2.04 bits per heavy atom. The third kappa shape index (κ3) is 3.95. The van der Waals surface area contributed by atoms with Crippen LogP contribution in [0.3, 0.4) is 0 Å². The summed E-state index contributed by atoms with van der Waals surface area (Å²) in [5.41, 5.74) is 0.419. The van der Waals surface area contributed by atoms with Gasteiger partial charge >= 0.3 is 12.1 Å². The zero-order valence-electron chi connectivity index (χ0n) is 13.5. The summed E-state index contributed by atoms with van der Waals surface area (Å²) in [5, 5.41) is 25.3. The van der Waals surface area contributed by atoms with Gasteiger partial charge in [-0.05, 0) is 6.07 Å². The lowest BCUT2D eigenvalue weighted by Crippen LogP contribution is -2.16. The molecule has 0 unspecified atom stereocenters. The number of aromatic nitrogens is 4. The van der Waals surface area contributed by atoms with E-state index in [1.165, 1.54) is 23.1 Å². The molecule has 0 saturated heterocycles. The van der Waals surface area contributed by atoms with Gasteiger partial charge < -0.3 is 10.4 Å². The molecule has 0 spiro atoms. The van der Waals surface area contributed by atoms with Gasteiger partial charge in [-0.15, -0.1) is 0 Å². The topological polar surface area (TPSA) is 117 Å². The summed E-state index contributed by atoms with van der Waals surface area (Å²) >= 11 is 0. The number of anilines is 1. The van der Waals surface area contributed by atoms with Gasteiger partial charge in [-0.3, -0.25) is 0 Å². The number of fused-ring (bicyclic) bond motifs is 1. The molecule has 0 bridgehead atoms. The first kappa shape index (κ1) is 18.1. The second-order valence-corrected chi connectivity index (χ2v) is 5.49. The van der Waals surface area contributed by atoms with E-state index in [2.05, 4.69) is 20.4 Å². The minimum atomic E-state index is -4.37. The Kier molecular flexibility index (Phi) is 4.64. The van der Waals surface area contributed by atoms with Crippen LogP contribution < -0.4 is 5.32 Å². The Labute approximate surface area is 149 Å². The molecule has 0 aromatic carbocycles. The predicted molar refractivity (Wildman–Crippen MR) is 87.5 cm³/mol. The average Bonchev–Trinajstić information content (AvgIpc) is 3.03. The van der Waals surface area contributed by atoms with Crippen LogP contribution in [0.2, 0.25) is 0 Å². The van der Waals surface area contributed by atoms with E-state index >= 15 is 0 Å². The number of aromatic carboxylic acids is 1. The third-order valence-corrected chi connectivity index (χ3v) is 3.60. The molecule has 0 aliphatic heterocycles. The van der Waals surface area contributed by atoms with E-state index in [4.69, 9.17) is 5.26 Å². The van der Waals surface area contributed by atoms with E-state index in [0.717, 1.165) is 6.20 Å². The zero-order chi connectivity index (χ0) is 19.6. The number of hydrogen-bond acceptors (Lipinski definition) is 6. The zero-order valence-corrected chi connectivity index (χ0v) is 13.5. The van der Waals surface area contributed by atoms with Gasteiger partial charge in [0, 0.05) is 30.4 Å². The summed E-state index contributed by atoms with van der Waals surface area (Å²) in [6.07, 6.45) is -1.66. The fourth-order valence-corrected chi connectivity index (χ4v) is 2.37. The number of halogens is 3. The quantitative estimate of drug-likeness (QED) is 0.703. The van der Waals surface area contributed by atoms with Crippen LogP contribution in [0.15, 0.2) is 30.7 Å². The van der Waals surface area contributed by atoms with Crippen LogP contribution in [0.25, 0.3) is 16.9 Å². The lowest BCUT2D eigenvalue weighted by molar-refractivity contribution is -0.131. The first-order valence-electron chi connectivity index (χ1n) is 7.57. The van der Waals surface area contributed by atoms with Gasteiger partial charge in [0.2, 0.25) is 0 Å². The van der Waals surface area contributed by atoms with Crippen molar-refractivity contribution in [3.8, 4) is 11.9 Å². The fourth-order valence-electron chi connectivity index (χ4n) is 2.37. The average molecular weight is 376 g/mol. The van der Waals surface area contributed by atoms with Crippen LogP contribution >= 0.6 is 0 Å². The molecule has 0 saturated carbocycles. The largest absolute Gasteiger partial charge is 0.478 e. The predicted octanol–water partition coefficient (Wildman–Crippen LogP) is 2.75. The highest BCUT2D eigenvalue weighted by Crippen LogP contribution is 2.23. The fraction of sp³-hybridized carbons (Fsp3) is 0.188. The molecule has 138 valence electrons. The summed E-state index contributed by atoms with van der Waals surface area (Å²) in [6, 6.07) is 4.80. The number of alkyl halides is 3. The molecule has 3 aromatic heterocycles. The smallest absolute Gasteiger partial charge is 0.390 e. The number of hydrogen-bond donors (Lipinski definition) is 2. The first-order chi connectivity index (χ1) is 12.8. The van der Waals surface area contributed by atoms with E-state index in [-0.39, 0.29) is 17.1 Å². The van der Waals surface area contributed by atoms with Crippen molar-refractivity contribution in [3.05, 3.63) is 41.9 Å². The van der Waals surface area contributed by atoms with Crippen LogP contribution in [-0.2, 0) is 0 Å². The third-order valence-electron chi connectivity index (χ3n) is 3.60. The Morgan fingerprint density at radius 3 is 2.70 bits per heavy atom. The number of carbonyl (C=O) groups is 1. The lowest BCUT2D eigenvalue weighted by atomic mass is 10.2. The highest BCUT2D eigenvalue weighted by molar-refractivity contribution is 5.94. The number of nitrogens with one attached hydrogen (secondary N) is 1. The van der Waals surface area contributed by atoms with Gasteiger partial charge in [0.15, 0.2) is 11.5 Å². The molecule has 0 atom stereocenters. The molecular formula is C16H11F3N6O2. The Bertz CT molecular complexity index is 1050. The Morgan fingerprint density at radius 1 is 1.26 bits per heavy atom. The van der Waals surface area contributed by atoms with Gasteiger partial charge in [-0.2, -0.15) is 28.2 Å². The van der Waals surface area contributed by atoms with Gasteiger partial charge in [0.1, 0.15) is 11.6 Å². The van der Waals surface area contributed by atoms with E-state index in [1.54, 1.807) is 6.07 Å². The number of carboxylic acid groups (broad SMARTS) is 1. The van der Waals surface area contributed by atoms with Crippen LogP contribution in [0, 0.1) is 11.3 Å². The van der Waals surface area contributed by atoms with Crippen molar-refractivity contribution in [3.63, 3.8) is 0 Å². The normalized spacial score (nSPS) is 11.3. The van der Waals surface area contributed by atoms with Crippen molar-refractivity contribution in [2.24, 2.45) is 0 Å². The summed E-state index contributed by atoms with van der Waals surface area (Å²) < 4.78 is 38.3. The summed E-state index contributed by atoms with van der Waals surface area (Å²) in [5.74, 6) is -1.16. The van der Waals surface area contributed by atoms with Gasteiger partial charge in [-0.1, -0.05) is 0 Å². The molecule has 0 fully saturated rings. The van der Waals surface area contributed by atoms with Crippen molar-refractivity contribution in [2.45, 2.75) is 12.6 Å². The minimum absolute atomic E-state index is 0.0194. The van der Waals surface area contributed by atoms with Crippen LogP contribution in [0.5, 0.6) is 0 Å². The van der Waals surface area contributed by atoms with Gasteiger partial charge in [0.05, 0.1) is 23.9 Å². The second kappa shape index (κ2) is 6.91. The molecule has 0 aliphatic rings. The van der Waals surface area contributed by atoms with Crippen LogP contribution in [-0.4, -0.2) is 43.5 Å². The number of pyridine rings is 2. The monoisotopic (exact) mass is 376 g/mol. The van der Waals surface area contributed by atoms with Crippen molar-refractivity contribution in [1.82, 2.24) is 19.7 Å². The van der Waals surface area contributed by atoms with E-state index in [0.29, 0.717) is 16.6 Å². The minimum Gasteiger partial charge on any atom is -0.478 e. The SMILES string of the molecule is N#Cc1cnc2c(cnn2-c2cc(NCCC(F)(F)F)c(C(=O)O)cn2)c1. The van der Waals surface area contributed by atoms with Crippen molar-refractivity contribution >= 4 is 22.7 Å². The maximum atomic E-state index is 12.3. The molecule has 0 amide bonds. The number of rotatable bonds is 5. The molecule has 27 heavy (non-hydrogen) atoms. The standard InChI is InChI=1S/C16H11F3N6O2/c17-16(18,19)1-2-21-12-4-13(22-8-11(12)15(26)27)25-14-10(7-24-25)3-9(5-20)6-23-14/h3-4,6-8H,1-2H2,(H,21,22)(H,26,27). The van der Waals surface area contributed by atoms with Crippen molar-refractivity contribution < 1.29 is 23.1 Å². The van der Waals surface area contributed by atoms with Crippen molar-refractivity contribution in [1.29, 1.82) is 5.26 Å². The molecular weight excluding hydrogens is 365 g/mol. The molecule has 8 nitrogen and oxygen atoms in total. The van der Waals surface area contributed by atoms with E-state index in [1.807, 2.05) is 6.07 Å². The van der Waals surface area contributed by atoms with Gasteiger partial charge in [-0.25, -0.2) is 14.8 Å². The number of nitriles is 1. The molecule has 11 heteroatoms. The van der Waals surface area contributed by atoms with Crippen LogP contribution in [0.1, 0.15) is 22.3 Å². The lowest BCUT2D eigenvalue weighted by Gasteiger charge is -2.12. The van der Waals surface area contributed by atoms with E-state index in [9.17, 15) is 23.1 Å². The van der Waals surface area contributed by atoms with Crippen LogP contribution in [0.4, 0.5) is 18.9 Å². The summed E-state index contributed by atoms with van der Waals surface area (Å²) in [6.45, 7) is -0.489. The number of carboxylic acids is 1. The second-order valence-electron chi connectivity index (χ2n) is 5.49.